The van der Waals surface area contributed by atoms with E-state index in [1.165, 1.54) is 6.07 Å². The normalized spacial score (nSPS) is 19.9. The lowest BCUT2D eigenvalue weighted by molar-refractivity contribution is -0.131. The Bertz CT molecular complexity index is 483. The fraction of sp³-hybridized carbons (Fsp3) is 0.643. The molecule has 2 heterocycles. The van der Waals surface area contributed by atoms with E-state index in [0.717, 1.165) is 25.7 Å². The minimum Gasteiger partial charge on any atom is -0.476 e. The quantitative estimate of drug-likeness (QED) is 0.894. The number of rotatable bonds is 5. The molecule has 6 nitrogen and oxygen atoms in total. The average molecular weight is 280 g/mol. The van der Waals surface area contributed by atoms with Crippen molar-refractivity contribution >= 4 is 11.9 Å². The van der Waals surface area contributed by atoms with Gasteiger partial charge in [-0.3, -0.25) is 4.79 Å². The van der Waals surface area contributed by atoms with Gasteiger partial charge in [0.05, 0.1) is 6.54 Å². The first-order valence-corrected chi connectivity index (χ1v) is 7.06. The largest absolute Gasteiger partial charge is 0.476 e. The number of aromatic nitrogens is 1. The fourth-order valence-corrected chi connectivity index (χ4v) is 2.63. The average Bonchev–Trinajstić information content (AvgIpc) is 2.81. The number of likely N-dealkylation sites (tertiary alicyclic amines) is 1. The predicted octanol–water partition coefficient (Wildman–Crippen LogP) is 2.30. The maximum Gasteiger partial charge on any atom is 0.358 e. The molecule has 1 aromatic rings. The summed E-state index contributed by atoms with van der Waals surface area (Å²) in [6.07, 6.45) is 4.81. The van der Waals surface area contributed by atoms with Gasteiger partial charge in [-0.25, -0.2) is 4.79 Å². The van der Waals surface area contributed by atoms with Crippen LogP contribution in [0.5, 0.6) is 0 Å². The van der Waals surface area contributed by atoms with Crippen molar-refractivity contribution in [1.82, 2.24) is 10.1 Å². The molecule has 1 aliphatic rings. The second-order valence-electron chi connectivity index (χ2n) is 5.28. The van der Waals surface area contributed by atoms with E-state index >= 15 is 0 Å². The molecule has 1 fully saturated rings. The molecule has 0 aromatic carbocycles. The van der Waals surface area contributed by atoms with Crippen molar-refractivity contribution in [3.63, 3.8) is 0 Å². The van der Waals surface area contributed by atoms with E-state index in [4.69, 9.17) is 9.63 Å². The van der Waals surface area contributed by atoms with Crippen LogP contribution in [0.15, 0.2) is 10.6 Å². The molecular formula is C14H20N2O4. The van der Waals surface area contributed by atoms with E-state index in [9.17, 15) is 9.59 Å². The maximum absolute atomic E-state index is 12.1. The van der Waals surface area contributed by atoms with Crippen LogP contribution in [-0.2, 0) is 11.3 Å². The van der Waals surface area contributed by atoms with Crippen LogP contribution < -0.4 is 0 Å². The van der Waals surface area contributed by atoms with Gasteiger partial charge < -0.3 is 14.5 Å². The molecule has 1 unspecified atom stereocenters. The van der Waals surface area contributed by atoms with Gasteiger partial charge in [-0.05, 0) is 18.8 Å². The third-order valence-electron chi connectivity index (χ3n) is 3.75. The van der Waals surface area contributed by atoms with Gasteiger partial charge in [-0.15, -0.1) is 0 Å². The van der Waals surface area contributed by atoms with Crippen molar-refractivity contribution in [3.05, 3.63) is 17.5 Å². The Morgan fingerprint density at radius 3 is 3.00 bits per heavy atom. The molecule has 0 saturated carbocycles. The maximum atomic E-state index is 12.1. The molecule has 1 aromatic heterocycles. The number of aromatic carboxylic acids is 1. The van der Waals surface area contributed by atoms with Crippen LogP contribution in [-0.4, -0.2) is 33.6 Å². The molecule has 2 rings (SSSR count). The Balaban J connectivity index is 1.97. The van der Waals surface area contributed by atoms with Gasteiger partial charge in [0.1, 0.15) is 0 Å². The standard InChI is InChI=1S/C14H20N2O4/c1-2-3-10-4-5-13(17)16(7-6-10)9-11-8-12(14(18)19)15-20-11/h8,10H,2-7,9H2,1H3,(H,18,19). The minimum atomic E-state index is -1.12. The number of carbonyl (C=O) groups is 2. The van der Waals surface area contributed by atoms with Crippen LogP contribution in [0.2, 0.25) is 0 Å². The van der Waals surface area contributed by atoms with Gasteiger partial charge in [0.25, 0.3) is 0 Å². The van der Waals surface area contributed by atoms with Gasteiger partial charge in [-0.1, -0.05) is 24.9 Å². The summed E-state index contributed by atoms with van der Waals surface area (Å²) in [7, 11) is 0. The van der Waals surface area contributed by atoms with Crippen molar-refractivity contribution in [2.45, 2.75) is 45.6 Å². The lowest BCUT2D eigenvalue weighted by Gasteiger charge is -2.19. The van der Waals surface area contributed by atoms with Gasteiger partial charge in [0, 0.05) is 19.0 Å². The van der Waals surface area contributed by atoms with Crippen molar-refractivity contribution in [2.24, 2.45) is 5.92 Å². The first kappa shape index (κ1) is 14.6. The predicted molar refractivity (Wildman–Crippen MR) is 71.1 cm³/mol. The van der Waals surface area contributed by atoms with Gasteiger partial charge in [-0.2, -0.15) is 0 Å². The number of amides is 1. The highest BCUT2D eigenvalue weighted by atomic mass is 16.5. The lowest BCUT2D eigenvalue weighted by Crippen LogP contribution is -2.29. The highest BCUT2D eigenvalue weighted by Crippen LogP contribution is 2.23. The van der Waals surface area contributed by atoms with E-state index in [1.54, 1.807) is 4.90 Å². The smallest absolute Gasteiger partial charge is 0.358 e. The van der Waals surface area contributed by atoms with Gasteiger partial charge in [0.15, 0.2) is 11.5 Å². The number of nitrogens with zero attached hydrogens (tertiary/aromatic N) is 2. The molecule has 1 N–H and O–H groups in total. The van der Waals surface area contributed by atoms with Crippen LogP contribution >= 0.6 is 0 Å². The molecule has 0 spiro atoms. The summed E-state index contributed by atoms with van der Waals surface area (Å²) >= 11 is 0. The van der Waals surface area contributed by atoms with Crippen molar-refractivity contribution in [1.29, 1.82) is 0 Å². The Morgan fingerprint density at radius 1 is 1.55 bits per heavy atom. The summed E-state index contributed by atoms with van der Waals surface area (Å²) in [5.74, 6) is 0.0185. The van der Waals surface area contributed by atoms with E-state index in [0.29, 0.717) is 31.2 Å². The number of carbonyl (C=O) groups excluding carboxylic acids is 1. The molecule has 0 bridgehead atoms. The zero-order chi connectivity index (χ0) is 14.5. The Kier molecular flexibility index (Phi) is 4.76. The van der Waals surface area contributed by atoms with Crippen LogP contribution in [0.1, 0.15) is 55.3 Å². The molecule has 110 valence electrons. The number of hydrogen-bond acceptors (Lipinski definition) is 4. The molecule has 6 heteroatoms. The zero-order valence-corrected chi connectivity index (χ0v) is 11.7. The van der Waals surface area contributed by atoms with Crippen LogP contribution in [0.3, 0.4) is 0 Å². The molecule has 1 amide bonds. The number of carboxylic acids is 1. The molecule has 20 heavy (non-hydrogen) atoms. The summed E-state index contributed by atoms with van der Waals surface area (Å²) in [4.78, 5) is 24.5. The number of carboxylic acid groups (broad SMARTS) is 1. The first-order valence-electron chi connectivity index (χ1n) is 7.06. The van der Waals surface area contributed by atoms with Crippen molar-refractivity contribution in [3.8, 4) is 0 Å². The third-order valence-corrected chi connectivity index (χ3v) is 3.75. The molecule has 1 atom stereocenters. The molecule has 1 aliphatic heterocycles. The van der Waals surface area contributed by atoms with Crippen LogP contribution in [0.25, 0.3) is 0 Å². The third kappa shape index (κ3) is 3.59. The first-order chi connectivity index (χ1) is 9.60. The van der Waals surface area contributed by atoms with Crippen molar-refractivity contribution < 1.29 is 19.2 Å². The summed E-state index contributed by atoms with van der Waals surface area (Å²) in [6.45, 7) is 3.16. The van der Waals surface area contributed by atoms with E-state index in [1.807, 2.05) is 0 Å². The second-order valence-corrected chi connectivity index (χ2v) is 5.28. The molecule has 0 radical (unpaired) electrons. The zero-order valence-electron chi connectivity index (χ0n) is 11.7. The van der Waals surface area contributed by atoms with E-state index < -0.39 is 5.97 Å². The SMILES string of the molecule is CCCC1CCC(=O)N(Cc2cc(C(=O)O)no2)CC1. The molecule has 1 saturated heterocycles. The summed E-state index contributed by atoms with van der Waals surface area (Å²) < 4.78 is 4.97. The van der Waals surface area contributed by atoms with Crippen LogP contribution in [0.4, 0.5) is 0 Å². The highest BCUT2D eigenvalue weighted by molar-refractivity contribution is 5.85. The Hall–Kier alpha value is -1.85. The van der Waals surface area contributed by atoms with E-state index in [-0.39, 0.29) is 11.6 Å². The Labute approximate surface area is 117 Å². The van der Waals surface area contributed by atoms with E-state index in [2.05, 4.69) is 12.1 Å². The van der Waals surface area contributed by atoms with Gasteiger partial charge in [0.2, 0.25) is 5.91 Å². The second kappa shape index (κ2) is 6.54. The minimum absolute atomic E-state index is 0.108. The molecule has 0 aliphatic carbocycles. The summed E-state index contributed by atoms with van der Waals surface area (Å²) in [5, 5.41) is 12.3. The number of hydrogen-bond donors (Lipinski definition) is 1. The monoisotopic (exact) mass is 280 g/mol. The van der Waals surface area contributed by atoms with Gasteiger partial charge >= 0.3 is 5.97 Å². The van der Waals surface area contributed by atoms with Crippen molar-refractivity contribution in [2.75, 3.05) is 6.54 Å². The van der Waals surface area contributed by atoms with Crippen LogP contribution in [0, 0.1) is 5.92 Å². The molecular weight excluding hydrogens is 260 g/mol. The topological polar surface area (TPSA) is 83.6 Å². The fourth-order valence-electron chi connectivity index (χ4n) is 2.63. The highest BCUT2D eigenvalue weighted by Gasteiger charge is 2.23. The Morgan fingerprint density at radius 2 is 2.35 bits per heavy atom. The summed E-state index contributed by atoms with van der Waals surface area (Å²) in [5.41, 5.74) is -0.119. The summed E-state index contributed by atoms with van der Waals surface area (Å²) in [6, 6.07) is 1.38. The lowest BCUT2D eigenvalue weighted by atomic mass is 9.96.